The van der Waals surface area contributed by atoms with Gasteiger partial charge in [0.2, 0.25) is 0 Å². The monoisotopic (exact) mass is 292 g/mol. The average molecular weight is 292 g/mol. The Kier molecular flexibility index (Phi) is 5.07. The molecule has 2 atom stereocenters. The van der Waals surface area contributed by atoms with Crippen LogP contribution in [-0.2, 0) is 0 Å². The Balaban J connectivity index is 1.98. The molecule has 1 aromatic carbocycles. The Hall–Kier alpha value is -1.75. The molecular formula is C16H24N2O3. The molecule has 1 aliphatic rings. The molecule has 116 valence electrons. The lowest BCUT2D eigenvalue weighted by Crippen LogP contribution is -2.47. The third-order valence-corrected chi connectivity index (χ3v) is 3.93. The third kappa shape index (κ3) is 3.88. The van der Waals surface area contributed by atoms with Crippen LogP contribution in [0.3, 0.4) is 0 Å². The number of aliphatic hydroxyl groups is 1. The number of benzene rings is 1. The minimum absolute atomic E-state index is 0.162. The van der Waals surface area contributed by atoms with Gasteiger partial charge < -0.3 is 20.1 Å². The van der Waals surface area contributed by atoms with Gasteiger partial charge in [-0.1, -0.05) is 6.92 Å². The smallest absolute Gasteiger partial charge is 0.321 e. The molecule has 5 nitrogen and oxygen atoms in total. The van der Waals surface area contributed by atoms with Gasteiger partial charge in [-0.25, -0.2) is 4.79 Å². The summed E-state index contributed by atoms with van der Waals surface area (Å²) in [6.07, 6.45) is 0.392. The normalized spacial score (nSPS) is 22.0. The van der Waals surface area contributed by atoms with Crippen LogP contribution in [0.2, 0.25) is 0 Å². The number of hydrogen-bond donors (Lipinski definition) is 2. The van der Waals surface area contributed by atoms with Crippen LogP contribution in [0, 0.1) is 12.8 Å². The Morgan fingerprint density at radius 2 is 2.29 bits per heavy atom. The molecule has 1 aliphatic heterocycles. The number of piperidine rings is 1. The van der Waals surface area contributed by atoms with E-state index in [1.54, 1.807) is 4.90 Å². The maximum Gasteiger partial charge on any atom is 0.321 e. The van der Waals surface area contributed by atoms with Gasteiger partial charge in [-0.15, -0.1) is 0 Å². The van der Waals surface area contributed by atoms with Crippen molar-refractivity contribution in [2.24, 2.45) is 5.92 Å². The number of carbonyl (C=O) groups excluding carboxylic acids is 1. The summed E-state index contributed by atoms with van der Waals surface area (Å²) in [5.74, 6) is 1.08. The van der Waals surface area contributed by atoms with E-state index in [0.717, 1.165) is 23.4 Å². The molecule has 1 heterocycles. The first-order valence-corrected chi connectivity index (χ1v) is 7.48. The number of likely N-dealkylation sites (tertiary alicyclic amines) is 1. The average Bonchev–Trinajstić information content (AvgIpc) is 2.45. The van der Waals surface area contributed by atoms with Gasteiger partial charge in [-0.05, 0) is 49.9 Å². The van der Waals surface area contributed by atoms with E-state index >= 15 is 0 Å². The second-order valence-electron chi connectivity index (χ2n) is 5.62. The molecule has 0 spiro atoms. The molecule has 0 bridgehead atoms. The fourth-order valence-electron chi connectivity index (χ4n) is 2.48. The highest BCUT2D eigenvalue weighted by Crippen LogP contribution is 2.23. The molecule has 2 amide bonds. The number of nitrogens with zero attached hydrogens (tertiary/aromatic N) is 1. The predicted octanol–water partition coefficient (Wildman–Crippen LogP) is 2.63. The van der Waals surface area contributed by atoms with Crippen molar-refractivity contribution in [3.05, 3.63) is 23.8 Å². The van der Waals surface area contributed by atoms with Gasteiger partial charge in [-0.3, -0.25) is 0 Å². The molecule has 1 aromatic rings. The first kappa shape index (κ1) is 15.6. The van der Waals surface area contributed by atoms with Crippen LogP contribution < -0.4 is 10.1 Å². The number of urea groups is 1. The van der Waals surface area contributed by atoms with Crippen LogP contribution in [0.25, 0.3) is 0 Å². The molecule has 21 heavy (non-hydrogen) atoms. The minimum atomic E-state index is -0.438. The summed E-state index contributed by atoms with van der Waals surface area (Å²) >= 11 is 0. The van der Waals surface area contributed by atoms with Crippen LogP contribution in [-0.4, -0.2) is 41.8 Å². The Labute approximate surface area is 125 Å². The van der Waals surface area contributed by atoms with E-state index in [9.17, 15) is 9.90 Å². The lowest BCUT2D eigenvalue weighted by Gasteiger charge is -2.34. The number of ether oxygens (including phenoxy) is 1. The van der Waals surface area contributed by atoms with Gasteiger partial charge in [-0.2, -0.15) is 0 Å². The molecule has 0 aromatic heterocycles. The largest absolute Gasteiger partial charge is 0.494 e. The molecule has 5 heteroatoms. The number of aliphatic hydroxyl groups excluding tert-OH is 1. The summed E-state index contributed by atoms with van der Waals surface area (Å²) in [4.78, 5) is 13.9. The van der Waals surface area contributed by atoms with Gasteiger partial charge in [0.15, 0.2) is 0 Å². The molecular weight excluding hydrogens is 268 g/mol. The minimum Gasteiger partial charge on any atom is -0.494 e. The molecule has 0 aliphatic carbocycles. The number of hydrogen-bond acceptors (Lipinski definition) is 3. The summed E-state index contributed by atoms with van der Waals surface area (Å²) in [6, 6.07) is 5.43. The summed E-state index contributed by atoms with van der Waals surface area (Å²) in [7, 11) is 0. The molecule has 0 saturated carbocycles. The highest BCUT2D eigenvalue weighted by molar-refractivity contribution is 5.89. The van der Waals surface area contributed by atoms with Crippen molar-refractivity contribution in [1.82, 2.24) is 4.90 Å². The van der Waals surface area contributed by atoms with Crippen molar-refractivity contribution < 1.29 is 14.6 Å². The van der Waals surface area contributed by atoms with Crippen molar-refractivity contribution in [3.63, 3.8) is 0 Å². The summed E-state index contributed by atoms with van der Waals surface area (Å²) in [5.41, 5.74) is 1.73. The van der Waals surface area contributed by atoms with Gasteiger partial charge in [0, 0.05) is 18.8 Å². The predicted molar refractivity (Wildman–Crippen MR) is 82.7 cm³/mol. The molecule has 2 N–H and O–H groups in total. The van der Waals surface area contributed by atoms with E-state index in [1.165, 1.54) is 0 Å². The molecule has 0 radical (unpaired) electrons. The maximum atomic E-state index is 12.2. The van der Waals surface area contributed by atoms with Crippen LogP contribution >= 0.6 is 0 Å². The van der Waals surface area contributed by atoms with E-state index in [1.807, 2.05) is 39.0 Å². The van der Waals surface area contributed by atoms with E-state index in [0.29, 0.717) is 19.7 Å². The second-order valence-corrected chi connectivity index (χ2v) is 5.62. The van der Waals surface area contributed by atoms with Crippen molar-refractivity contribution in [2.75, 3.05) is 25.0 Å². The van der Waals surface area contributed by atoms with Crippen LogP contribution in [0.1, 0.15) is 25.8 Å². The zero-order chi connectivity index (χ0) is 15.4. The van der Waals surface area contributed by atoms with Crippen LogP contribution in [0.5, 0.6) is 5.75 Å². The topological polar surface area (TPSA) is 61.8 Å². The number of nitrogens with one attached hydrogen (secondary N) is 1. The molecule has 2 rings (SSSR count). The van der Waals surface area contributed by atoms with Gasteiger partial charge in [0.25, 0.3) is 0 Å². The lowest BCUT2D eigenvalue weighted by atomic mass is 9.96. The number of aryl methyl sites for hydroxylation is 1. The van der Waals surface area contributed by atoms with Crippen molar-refractivity contribution >= 4 is 11.7 Å². The Morgan fingerprint density at radius 3 is 2.90 bits per heavy atom. The number of carbonyl (C=O) groups is 1. The van der Waals surface area contributed by atoms with Crippen LogP contribution in [0.15, 0.2) is 18.2 Å². The number of rotatable bonds is 3. The summed E-state index contributed by atoms with van der Waals surface area (Å²) in [6.45, 7) is 7.60. The highest BCUT2D eigenvalue weighted by Gasteiger charge is 2.27. The van der Waals surface area contributed by atoms with Gasteiger partial charge >= 0.3 is 6.03 Å². The molecule has 2 unspecified atom stereocenters. The zero-order valence-corrected chi connectivity index (χ0v) is 12.9. The fraction of sp³-hybridized carbons (Fsp3) is 0.562. The summed E-state index contributed by atoms with van der Waals surface area (Å²) in [5, 5.41) is 12.7. The summed E-state index contributed by atoms with van der Waals surface area (Å²) < 4.78 is 5.48. The quantitative estimate of drug-likeness (QED) is 0.900. The van der Waals surface area contributed by atoms with E-state index < -0.39 is 6.10 Å². The van der Waals surface area contributed by atoms with Crippen LogP contribution in [0.4, 0.5) is 10.5 Å². The fourth-order valence-corrected chi connectivity index (χ4v) is 2.48. The SMILES string of the molecule is CCOc1ccc(NC(=O)N2CCC(C)C(O)C2)cc1C. The van der Waals surface area contributed by atoms with E-state index in [4.69, 9.17) is 4.74 Å². The van der Waals surface area contributed by atoms with E-state index in [-0.39, 0.29) is 11.9 Å². The molecule has 1 fully saturated rings. The first-order valence-electron chi connectivity index (χ1n) is 7.48. The Morgan fingerprint density at radius 1 is 1.52 bits per heavy atom. The molecule has 1 saturated heterocycles. The van der Waals surface area contributed by atoms with E-state index in [2.05, 4.69) is 5.32 Å². The lowest BCUT2D eigenvalue weighted by molar-refractivity contribution is 0.0464. The standard InChI is InChI=1S/C16H24N2O3/c1-4-21-15-6-5-13(9-12(15)3)17-16(20)18-8-7-11(2)14(19)10-18/h5-6,9,11,14,19H,4,7-8,10H2,1-3H3,(H,17,20). The van der Waals surface area contributed by atoms with Gasteiger partial charge in [0.1, 0.15) is 5.75 Å². The number of anilines is 1. The highest BCUT2D eigenvalue weighted by atomic mass is 16.5. The van der Waals surface area contributed by atoms with Crippen molar-refractivity contribution in [1.29, 1.82) is 0 Å². The van der Waals surface area contributed by atoms with Gasteiger partial charge in [0.05, 0.1) is 12.7 Å². The number of β-amino-alcohol motifs (C(OH)–C–C–N with tert-alkyl or cyclic N) is 1. The Bertz CT molecular complexity index is 504. The van der Waals surface area contributed by atoms with Crippen molar-refractivity contribution in [2.45, 2.75) is 33.3 Å². The third-order valence-electron chi connectivity index (χ3n) is 3.93. The zero-order valence-electron chi connectivity index (χ0n) is 12.9. The number of amides is 2. The van der Waals surface area contributed by atoms with Crippen molar-refractivity contribution in [3.8, 4) is 5.75 Å². The second kappa shape index (κ2) is 6.80. The maximum absolute atomic E-state index is 12.2. The first-order chi connectivity index (χ1) is 10.0.